The highest BCUT2D eigenvalue weighted by Gasteiger charge is 2.18. The fourth-order valence-electron chi connectivity index (χ4n) is 3.10. The largest absolute Gasteiger partial charge is 0.390 e. The van der Waals surface area contributed by atoms with Crippen LogP contribution in [0, 0.1) is 5.82 Å². The highest BCUT2D eigenvalue weighted by atomic mass is 19.1. The number of fused-ring (bicyclic) bond motifs is 1. The van der Waals surface area contributed by atoms with E-state index in [9.17, 15) is 9.50 Å². The molecule has 0 saturated heterocycles. The maximum atomic E-state index is 13.1. The SMILES string of the molecule is OC(CNCc1cccc(F)c1)CN1CCc2ccccc2C1. The molecule has 0 bridgehead atoms. The van der Waals surface area contributed by atoms with E-state index in [-0.39, 0.29) is 5.82 Å². The van der Waals surface area contributed by atoms with Crippen molar-refractivity contribution in [3.63, 3.8) is 0 Å². The molecule has 2 aromatic carbocycles. The van der Waals surface area contributed by atoms with Gasteiger partial charge in [-0.1, -0.05) is 36.4 Å². The first kappa shape index (κ1) is 16.1. The Labute approximate surface area is 136 Å². The van der Waals surface area contributed by atoms with Gasteiger partial charge in [-0.05, 0) is 35.2 Å². The monoisotopic (exact) mass is 314 g/mol. The molecule has 3 rings (SSSR count). The van der Waals surface area contributed by atoms with Crippen molar-refractivity contribution in [3.8, 4) is 0 Å². The molecule has 3 nitrogen and oxygen atoms in total. The lowest BCUT2D eigenvalue weighted by Gasteiger charge is -2.30. The Morgan fingerprint density at radius 1 is 1.13 bits per heavy atom. The second kappa shape index (κ2) is 7.68. The second-order valence-corrected chi connectivity index (χ2v) is 6.17. The Hall–Kier alpha value is -1.75. The summed E-state index contributed by atoms with van der Waals surface area (Å²) in [6.45, 7) is 3.62. The summed E-state index contributed by atoms with van der Waals surface area (Å²) in [6, 6.07) is 15.0. The smallest absolute Gasteiger partial charge is 0.123 e. The van der Waals surface area contributed by atoms with E-state index in [4.69, 9.17) is 0 Å². The lowest BCUT2D eigenvalue weighted by Crippen LogP contribution is -2.40. The molecule has 1 aliphatic heterocycles. The maximum absolute atomic E-state index is 13.1. The predicted molar refractivity (Wildman–Crippen MR) is 89.5 cm³/mol. The molecule has 0 spiro atoms. The van der Waals surface area contributed by atoms with Crippen LogP contribution in [0.15, 0.2) is 48.5 Å². The van der Waals surface area contributed by atoms with E-state index in [1.54, 1.807) is 6.07 Å². The van der Waals surface area contributed by atoms with E-state index in [1.165, 1.54) is 23.3 Å². The van der Waals surface area contributed by atoms with Gasteiger partial charge in [0.05, 0.1) is 6.10 Å². The van der Waals surface area contributed by atoms with Crippen LogP contribution in [0.3, 0.4) is 0 Å². The third-order valence-corrected chi connectivity index (χ3v) is 4.28. The first-order valence-corrected chi connectivity index (χ1v) is 8.13. The fraction of sp³-hybridized carbons (Fsp3) is 0.368. The molecule has 2 N–H and O–H groups in total. The van der Waals surface area contributed by atoms with Crippen molar-refractivity contribution in [3.05, 3.63) is 71.0 Å². The van der Waals surface area contributed by atoms with E-state index >= 15 is 0 Å². The number of rotatable bonds is 6. The zero-order chi connectivity index (χ0) is 16.1. The highest BCUT2D eigenvalue weighted by Crippen LogP contribution is 2.18. The Morgan fingerprint density at radius 3 is 2.78 bits per heavy atom. The Balaban J connectivity index is 1.42. The standard InChI is InChI=1S/C19H23FN2O/c20-18-7-3-4-15(10-18)11-21-12-19(23)14-22-9-8-16-5-1-2-6-17(16)13-22/h1-7,10,19,21,23H,8-9,11-14H2. The van der Waals surface area contributed by atoms with Gasteiger partial charge in [0.25, 0.3) is 0 Å². The van der Waals surface area contributed by atoms with Crippen molar-refractivity contribution in [2.75, 3.05) is 19.6 Å². The Morgan fingerprint density at radius 2 is 1.96 bits per heavy atom. The molecule has 0 saturated carbocycles. The van der Waals surface area contributed by atoms with Crippen LogP contribution in [0.1, 0.15) is 16.7 Å². The first-order chi connectivity index (χ1) is 11.2. The molecule has 1 aliphatic rings. The van der Waals surface area contributed by atoms with Gasteiger partial charge in [-0.25, -0.2) is 4.39 Å². The normalized spacial score (nSPS) is 16.1. The van der Waals surface area contributed by atoms with Gasteiger partial charge in [0.2, 0.25) is 0 Å². The van der Waals surface area contributed by atoms with Gasteiger partial charge in [0, 0.05) is 32.7 Å². The molecule has 4 heteroatoms. The summed E-state index contributed by atoms with van der Waals surface area (Å²) in [6.07, 6.45) is 0.619. The third-order valence-electron chi connectivity index (χ3n) is 4.28. The van der Waals surface area contributed by atoms with Crippen LogP contribution in [-0.4, -0.2) is 35.7 Å². The predicted octanol–water partition coefficient (Wildman–Crippen LogP) is 2.33. The van der Waals surface area contributed by atoms with Crippen molar-refractivity contribution in [2.24, 2.45) is 0 Å². The van der Waals surface area contributed by atoms with E-state index in [0.29, 0.717) is 19.6 Å². The van der Waals surface area contributed by atoms with Crippen LogP contribution in [0.2, 0.25) is 0 Å². The highest BCUT2D eigenvalue weighted by molar-refractivity contribution is 5.29. The van der Waals surface area contributed by atoms with E-state index in [0.717, 1.165) is 25.1 Å². The third kappa shape index (κ3) is 4.61. The van der Waals surface area contributed by atoms with Crippen LogP contribution in [0.5, 0.6) is 0 Å². The summed E-state index contributed by atoms with van der Waals surface area (Å²) in [5, 5.41) is 13.4. The van der Waals surface area contributed by atoms with E-state index in [1.807, 2.05) is 6.07 Å². The number of aliphatic hydroxyl groups excluding tert-OH is 1. The average Bonchev–Trinajstić information content (AvgIpc) is 2.55. The van der Waals surface area contributed by atoms with Gasteiger partial charge < -0.3 is 10.4 Å². The Kier molecular flexibility index (Phi) is 5.39. The van der Waals surface area contributed by atoms with Crippen molar-refractivity contribution in [1.82, 2.24) is 10.2 Å². The average molecular weight is 314 g/mol. The molecule has 0 amide bonds. The number of halogens is 1. The van der Waals surface area contributed by atoms with E-state index < -0.39 is 6.10 Å². The molecule has 2 aromatic rings. The summed E-state index contributed by atoms with van der Waals surface area (Å²) >= 11 is 0. The molecular weight excluding hydrogens is 291 g/mol. The summed E-state index contributed by atoms with van der Waals surface area (Å²) in [4.78, 5) is 2.29. The molecule has 23 heavy (non-hydrogen) atoms. The lowest BCUT2D eigenvalue weighted by molar-refractivity contribution is 0.104. The number of hydrogen-bond donors (Lipinski definition) is 2. The molecular formula is C19H23FN2O. The van der Waals surface area contributed by atoms with Gasteiger partial charge in [-0.2, -0.15) is 0 Å². The molecule has 1 heterocycles. The van der Waals surface area contributed by atoms with Gasteiger partial charge in [0.15, 0.2) is 0 Å². The van der Waals surface area contributed by atoms with Crippen molar-refractivity contribution in [1.29, 1.82) is 0 Å². The molecule has 0 aromatic heterocycles. The van der Waals surface area contributed by atoms with Crippen LogP contribution >= 0.6 is 0 Å². The second-order valence-electron chi connectivity index (χ2n) is 6.17. The summed E-state index contributed by atoms with van der Waals surface area (Å²) in [7, 11) is 0. The van der Waals surface area contributed by atoms with Gasteiger partial charge in [-0.15, -0.1) is 0 Å². The quantitative estimate of drug-likeness (QED) is 0.859. The maximum Gasteiger partial charge on any atom is 0.123 e. The molecule has 0 radical (unpaired) electrons. The molecule has 122 valence electrons. The summed E-state index contributed by atoms with van der Waals surface area (Å²) in [5.74, 6) is -0.225. The topological polar surface area (TPSA) is 35.5 Å². The Bertz CT molecular complexity index is 647. The minimum absolute atomic E-state index is 0.225. The van der Waals surface area contributed by atoms with Gasteiger partial charge in [0.1, 0.15) is 5.82 Å². The van der Waals surface area contributed by atoms with E-state index in [2.05, 4.69) is 34.5 Å². The minimum Gasteiger partial charge on any atom is -0.390 e. The van der Waals surface area contributed by atoms with Crippen molar-refractivity contribution >= 4 is 0 Å². The van der Waals surface area contributed by atoms with Crippen LogP contribution in [-0.2, 0) is 19.5 Å². The minimum atomic E-state index is -0.422. The van der Waals surface area contributed by atoms with Crippen molar-refractivity contribution in [2.45, 2.75) is 25.6 Å². The summed E-state index contributed by atoms with van der Waals surface area (Å²) in [5.41, 5.74) is 3.67. The lowest BCUT2D eigenvalue weighted by atomic mass is 10.00. The molecule has 1 unspecified atom stereocenters. The molecule has 0 fully saturated rings. The van der Waals surface area contributed by atoms with Crippen LogP contribution < -0.4 is 5.32 Å². The van der Waals surface area contributed by atoms with Gasteiger partial charge in [-0.3, -0.25) is 4.90 Å². The number of nitrogens with zero attached hydrogens (tertiary/aromatic N) is 1. The number of hydrogen-bond acceptors (Lipinski definition) is 3. The molecule has 0 aliphatic carbocycles. The first-order valence-electron chi connectivity index (χ1n) is 8.13. The number of β-amino-alcohol motifs (C(OH)–C–C–N with tert-alkyl or cyclic N) is 1. The number of benzene rings is 2. The molecule has 1 atom stereocenters. The zero-order valence-electron chi connectivity index (χ0n) is 13.2. The fourth-order valence-corrected chi connectivity index (χ4v) is 3.10. The van der Waals surface area contributed by atoms with Crippen molar-refractivity contribution < 1.29 is 9.50 Å². The van der Waals surface area contributed by atoms with Crippen LogP contribution in [0.25, 0.3) is 0 Å². The summed E-state index contributed by atoms with van der Waals surface area (Å²) < 4.78 is 13.1. The van der Waals surface area contributed by atoms with Crippen LogP contribution in [0.4, 0.5) is 4.39 Å². The zero-order valence-corrected chi connectivity index (χ0v) is 13.2. The number of nitrogens with one attached hydrogen (secondary N) is 1. The number of aliphatic hydroxyl groups is 1. The van der Waals surface area contributed by atoms with Gasteiger partial charge >= 0.3 is 0 Å².